The summed E-state index contributed by atoms with van der Waals surface area (Å²) < 4.78 is 1.76. The summed E-state index contributed by atoms with van der Waals surface area (Å²) in [5.41, 5.74) is 4.88. The van der Waals surface area contributed by atoms with Gasteiger partial charge in [0.1, 0.15) is 0 Å². The molecular formula is C12H14Cl2N4. The molecule has 0 fully saturated rings. The molecular weight excluding hydrogens is 271 g/mol. The molecule has 96 valence electrons. The molecule has 18 heavy (non-hydrogen) atoms. The molecule has 2 aromatic rings. The highest BCUT2D eigenvalue weighted by Gasteiger charge is 2.13. The number of nitrogens with one attached hydrogen (secondary N) is 1. The molecule has 0 aliphatic rings. The van der Waals surface area contributed by atoms with Crippen molar-refractivity contribution in [2.24, 2.45) is 12.9 Å². The molecule has 0 bridgehead atoms. The molecule has 0 amide bonds. The van der Waals surface area contributed by atoms with Crippen LogP contribution in [0.1, 0.15) is 17.2 Å². The molecule has 3 N–H and O–H groups in total. The fourth-order valence-electron chi connectivity index (χ4n) is 1.82. The molecule has 0 saturated heterocycles. The van der Waals surface area contributed by atoms with Gasteiger partial charge < -0.3 is 0 Å². The molecule has 1 heterocycles. The number of benzene rings is 1. The summed E-state index contributed by atoms with van der Waals surface area (Å²) in [6.07, 6.45) is 4.52. The molecule has 0 aliphatic heterocycles. The van der Waals surface area contributed by atoms with Crippen molar-refractivity contribution in [1.29, 1.82) is 0 Å². The van der Waals surface area contributed by atoms with Crippen molar-refractivity contribution in [3.05, 3.63) is 51.8 Å². The summed E-state index contributed by atoms with van der Waals surface area (Å²) >= 11 is 11.9. The first-order valence-electron chi connectivity index (χ1n) is 5.48. The lowest BCUT2D eigenvalue weighted by Gasteiger charge is -2.16. The lowest BCUT2D eigenvalue weighted by molar-refractivity contribution is 0.552. The number of aryl methyl sites for hydroxylation is 1. The van der Waals surface area contributed by atoms with Gasteiger partial charge in [-0.1, -0.05) is 29.3 Å². The Hall–Kier alpha value is -1.07. The van der Waals surface area contributed by atoms with Gasteiger partial charge in [0.2, 0.25) is 0 Å². The fourth-order valence-corrected chi connectivity index (χ4v) is 2.12. The van der Waals surface area contributed by atoms with Crippen LogP contribution >= 0.6 is 23.2 Å². The largest absolute Gasteiger partial charge is 0.276 e. The summed E-state index contributed by atoms with van der Waals surface area (Å²) in [7, 11) is 1.88. The SMILES string of the molecule is Cn1cc(CC(NN)c2ccc(Cl)c(Cl)c2)cn1. The van der Waals surface area contributed by atoms with Crippen molar-refractivity contribution < 1.29 is 0 Å². The van der Waals surface area contributed by atoms with Gasteiger partial charge in [0.15, 0.2) is 0 Å². The molecule has 0 spiro atoms. The molecule has 0 aliphatic carbocycles. The van der Waals surface area contributed by atoms with E-state index in [-0.39, 0.29) is 6.04 Å². The second-order valence-corrected chi connectivity index (χ2v) is 4.93. The first kappa shape index (κ1) is 13.4. The van der Waals surface area contributed by atoms with Crippen LogP contribution in [0.15, 0.2) is 30.6 Å². The number of hydrogen-bond donors (Lipinski definition) is 2. The maximum Gasteiger partial charge on any atom is 0.0595 e. The number of halogens is 2. The van der Waals surface area contributed by atoms with Gasteiger partial charge in [0, 0.05) is 13.2 Å². The van der Waals surface area contributed by atoms with Gasteiger partial charge in [-0.2, -0.15) is 5.10 Å². The fraction of sp³-hybridized carbons (Fsp3) is 0.250. The normalized spacial score (nSPS) is 12.7. The quantitative estimate of drug-likeness (QED) is 0.670. The van der Waals surface area contributed by atoms with Crippen molar-refractivity contribution in [2.75, 3.05) is 0 Å². The van der Waals surface area contributed by atoms with E-state index in [4.69, 9.17) is 29.0 Å². The van der Waals surface area contributed by atoms with Crippen LogP contribution in [0.4, 0.5) is 0 Å². The molecule has 1 aromatic heterocycles. The number of rotatable bonds is 4. The summed E-state index contributed by atoms with van der Waals surface area (Å²) in [5.74, 6) is 5.59. The van der Waals surface area contributed by atoms with Crippen LogP contribution in [0.5, 0.6) is 0 Å². The predicted octanol–water partition coefficient (Wildman–Crippen LogP) is 2.47. The molecule has 2 rings (SSSR count). The molecule has 4 nitrogen and oxygen atoms in total. The second kappa shape index (κ2) is 5.71. The monoisotopic (exact) mass is 284 g/mol. The van der Waals surface area contributed by atoms with E-state index in [1.54, 1.807) is 10.7 Å². The van der Waals surface area contributed by atoms with Crippen LogP contribution in [0, 0.1) is 0 Å². The zero-order valence-corrected chi connectivity index (χ0v) is 11.4. The minimum Gasteiger partial charge on any atom is -0.276 e. The van der Waals surface area contributed by atoms with Gasteiger partial charge in [-0.3, -0.25) is 16.0 Å². The predicted molar refractivity (Wildman–Crippen MR) is 73.4 cm³/mol. The van der Waals surface area contributed by atoms with E-state index in [9.17, 15) is 0 Å². The Morgan fingerprint density at radius 1 is 1.39 bits per heavy atom. The van der Waals surface area contributed by atoms with Crippen molar-refractivity contribution in [1.82, 2.24) is 15.2 Å². The van der Waals surface area contributed by atoms with E-state index < -0.39 is 0 Å². The Morgan fingerprint density at radius 3 is 2.72 bits per heavy atom. The Kier molecular flexibility index (Phi) is 4.24. The van der Waals surface area contributed by atoms with Crippen LogP contribution in [-0.2, 0) is 13.5 Å². The summed E-state index contributed by atoms with van der Waals surface area (Å²) in [6, 6.07) is 5.48. The minimum absolute atomic E-state index is 0.0241. The van der Waals surface area contributed by atoms with Gasteiger partial charge in [-0.15, -0.1) is 0 Å². The maximum atomic E-state index is 6.00. The van der Waals surface area contributed by atoms with E-state index >= 15 is 0 Å². The molecule has 1 unspecified atom stereocenters. The number of nitrogens with two attached hydrogens (primary N) is 1. The zero-order valence-electron chi connectivity index (χ0n) is 9.90. The first-order valence-corrected chi connectivity index (χ1v) is 6.24. The van der Waals surface area contributed by atoms with Crippen molar-refractivity contribution >= 4 is 23.2 Å². The summed E-state index contributed by atoms with van der Waals surface area (Å²) in [6.45, 7) is 0. The molecule has 0 saturated carbocycles. The minimum atomic E-state index is -0.0241. The molecule has 1 atom stereocenters. The number of aromatic nitrogens is 2. The highest BCUT2D eigenvalue weighted by atomic mass is 35.5. The molecule has 0 radical (unpaired) electrons. The van der Waals surface area contributed by atoms with Crippen molar-refractivity contribution in [3.8, 4) is 0 Å². The number of hydrazine groups is 1. The van der Waals surface area contributed by atoms with Crippen LogP contribution in [0.2, 0.25) is 10.0 Å². The van der Waals surface area contributed by atoms with E-state index in [2.05, 4.69) is 10.5 Å². The topological polar surface area (TPSA) is 55.9 Å². The smallest absolute Gasteiger partial charge is 0.0595 e. The van der Waals surface area contributed by atoms with Gasteiger partial charge >= 0.3 is 0 Å². The Bertz CT molecular complexity index is 539. The van der Waals surface area contributed by atoms with E-state index in [1.807, 2.05) is 31.6 Å². The van der Waals surface area contributed by atoms with Gasteiger partial charge in [-0.05, 0) is 29.7 Å². The lowest BCUT2D eigenvalue weighted by Crippen LogP contribution is -2.29. The Morgan fingerprint density at radius 2 is 2.17 bits per heavy atom. The average Bonchev–Trinajstić information content (AvgIpc) is 2.75. The third kappa shape index (κ3) is 3.03. The van der Waals surface area contributed by atoms with Crippen molar-refractivity contribution in [2.45, 2.75) is 12.5 Å². The number of nitrogens with zero attached hydrogens (tertiary/aromatic N) is 2. The van der Waals surface area contributed by atoms with Gasteiger partial charge in [-0.25, -0.2) is 0 Å². The van der Waals surface area contributed by atoms with Crippen molar-refractivity contribution in [3.63, 3.8) is 0 Å². The highest BCUT2D eigenvalue weighted by Crippen LogP contribution is 2.26. The standard InChI is InChI=1S/C12H14Cl2N4/c1-18-7-8(6-16-18)4-12(17-15)9-2-3-10(13)11(14)5-9/h2-3,5-7,12,17H,4,15H2,1H3. The van der Waals surface area contributed by atoms with Gasteiger partial charge in [0.05, 0.1) is 22.3 Å². The van der Waals surface area contributed by atoms with Crippen LogP contribution in [0.25, 0.3) is 0 Å². The Labute approximate surface area is 116 Å². The third-order valence-corrected chi connectivity index (χ3v) is 3.48. The highest BCUT2D eigenvalue weighted by molar-refractivity contribution is 6.42. The van der Waals surface area contributed by atoms with Crippen LogP contribution in [0.3, 0.4) is 0 Å². The van der Waals surface area contributed by atoms with Crippen LogP contribution in [-0.4, -0.2) is 9.78 Å². The Balaban J connectivity index is 2.19. The van der Waals surface area contributed by atoms with E-state index in [1.165, 1.54) is 0 Å². The molecule has 6 heteroatoms. The number of hydrogen-bond acceptors (Lipinski definition) is 3. The van der Waals surface area contributed by atoms with Crippen LogP contribution < -0.4 is 11.3 Å². The average molecular weight is 285 g/mol. The maximum absolute atomic E-state index is 6.00. The summed E-state index contributed by atoms with van der Waals surface area (Å²) in [5, 5.41) is 5.20. The zero-order chi connectivity index (χ0) is 13.1. The third-order valence-electron chi connectivity index (χ3n) is 2.75. The first-order chi connectivity index (χ1) is 8.60. The van der Waals surface area contributed by atoms with E-state index in [0.29, 0.717) is 10.0 Å². The second-order valence-electron chi connectivity index (χ2n) is 4.12. The summed E-state index contributed by atoms with van der Waals surface area (Å²) in [4.78, 5) is 0. The lowest BCUT2D eigenvalue weighted by atomic mass is 10.0. The molecule has 1 aromatic carbocycles. The van der Waals surface area contributed by atoms with E-state index in [0.717, 1.165) is 17.5 Å². The van der Waals surface area contributed by atoms with Gasteiger partial charge in [0.25, 0.3) is 0 Å².